The molecular weight excluding hydrogens is 239 g/mol. The Morgan fingerprint density at radius 3 is 2.94 bits per heavy atom. The van der Waals surface area contributed by atoms with Gasteiger partial charge in [0.05, 0.1) is 5.02 Å². The quantitative estimate of drug-likeness (QED) is 0.891. The van der Waals surface area contributed by atoms with Crippen molar-refractivity contribution in [1.82, 2.24) is 5.32 Å². The zero-order chi connectivity index (χ0) is 12.3. The van der Waals surface area contributed by atoms with E-state index in [1.54, 1.807) is 6.07 Å². The van der Waals surface area contributed by atoms with E-state index in [2.05, 4.69) is 17.1 Å². The molecule has 1 fully saturated rings. The summed E-state index contributed by atoms with van der Waals surface area (Å²) in [6.45, 7) is 5.18. The average Bonchev–Trinajstić information content (AvgIpc) is 2.83. The van der Waals surface area contributed by atoms with Crippen LogP contribution >= 0.6 is 11.6 Å². The van der Waals surface area contributed by atoms with Crippen LogP contribution in [0, 0.1) is 5.82 Å². The normalized spacial score (nSPS) is 19.6. The summed E-state index contributed by atoms with van der Waals surface area (Å²) in [6.07, 6.45) is 2.21. The predicted octanol–water partition coefficient (Wildman–Crippen LogP) is 3.06. The largest absolute Gasteiger partial charge is 0.367 e. The zero-order valence-electron chi connectivity index (χ0n) is 10.0. The fraction of sp³-hybridized carbons (Fsp3) is 0.538. The highest BCUT2D eigenvalue weighted by Crippen LogP contribution is 2.25. The second-order valence-corrected chi connectivity index (χ2v) is 4.85. The molecule has 1 aromatic rings. The molecule has 1 aliphatic heterocycles. The number of hydrogen-bond acceptors (Lipinski definition) is 2. The summed E-state index contributed by atoms with van der Waals surface area (Å²) in [6, 6.07) is 5.49. The van der Waals surface area contributed by atoms with Crippen molar-refractivity contribution >= 4 is 17.3 Å². The van der Waals surface area contributed by atoms with Gasteiger partial charge >= 0.3 is 0 Å². The monoisotopic (exact) mass is 256 g/mol. The van der Waals surface area contributed by atoms with Gasteiger partial charge in [-0.1, -0.05) is 18.5 Å². The molecular formula is C13H18ClFN2. The Labute approximate surface area is 107 Å². The number of nitrogens with one attached hydrogen (secondary N) is 1. The third-order valence-corrected chi connectivity index (χ3v) is 3.46. The van der Waals surface area contributed by atoms with E-state index in [0.29, 0.717) is 6.04 Å². The standard InChI is InChI=1S/C13H18ClFN2/c1-2-7-17(11-5-6-16-9-11)10-3-4-13(15)12(14)8-10/h3-4,8,11,16H,2,5-7,9H2,1H3/t11-/m0/s1. The molecule has 0 saturated carbocycles. The van der Waals surface area contributed by atoms with Crippen LogP contribution in [0.3, 0.4) is 0 Å². The van der Waals surface area contributed by atoms with Crippen LogP contribution in [0.15, 0.2) is 18.2 Å². The lowest BCUT2D eigenvalue weighted by atomic mass is 10.1. The topological polar surface area (TPSA) is 15.3 Å². The molecule has 0 bridgehead atoms. The number of nitrogens with zero attached hydrogens (tertiary/aromatic N) is 1. The predicted molar refractivity (Wildman–Crippen MR) is 70.3 cm³/mol. The van der Waals surface area contributed by atoms with Gasteiger partial charge in [0.15, 0.2) is 0 Å². The molecule has 0 spiro atoms. The highest BCUT2D eigenvalue weighted by Gasteiger charge is 2.22. The first-order chi connectivity index (χ1) is 8.22. The van der Waals surface area contributed by atoms with E-state index >= 15 is 0 Å². The molecule has 94 valence electrons. The van der Waals surface area contributed by atoms with Crippen LogP contribution in [0.1, 0.15) is 19.8 Å². The van der Waals surface area contributed by atoms with Gasteiger partial charge in [-0.2, -0.15) is 0 Å². The van der Waals surface area contributed by atoms with Crippen molar-refractivity contribution in [2.75, 3.05) is 24.5 Å². The molecule has 17 heavy (non-hydrogen) atoms. The number of anilines is 1. The fourth-order valence-electron chi connectivity index (χ4n) is 2.33. The minimum absolute atomic E-state index is 0.203. The van der Waals surface area contributed by atoms with Crippen molar-refractivity contribution in [3.05, 3.63) is 29.0 Å². The van der Waals surface area contributed by atoms with Gasteiger partial charge in [0.2, 0.25) is 0 Å². The fourth-order valence-corrected chi connectivity index (χ4v) is 2.51. The third-order valence-electron chi connectivity index (χ3n) is 3.17. The minimum Gasteiger partial charge on any atom is -0.367 e. The van der Waals surface area contributed by atoms with E-state index in [4.69, 9.17) is 11.6 Å². The van der Waals surface area contributed by atoms with Gasteiger partial charge < -0.3 is 10.2 Å². The van der Waals surface area contributed by atoms with Crippen LogP contribution in [0.2, 0.25) is 5.02 Å². The molecule has 1 N–H and O–H groups in total. The summed E-state index contributed by atoms with van der Waals surface area (Å²) in [5.41, 5.74) is 1.02. The molecule has 2 nitrogen and oxygen atoms in total. The Hall–Kier alpha value is -0.800. The lowest BCUT2D eigenvalue weighted by Gasteiger charge is -2.30. The van der Waals surface area contributed by atoms with Crippen molar-refractivity contribution in [3.8, 4) is 0 Å². The van der Waals surface area contributed by atoms with Gasteiger partial charge in [-0.3, -0.25) is 0 Å². The molecule has 0 unspecified atom stereocenters. The van der Waals surface area contributed by atoms with Crippen molar-refractivity contribution < 1.29 is 4.39 Å². The Kier molecular flexibility index (Phi) is 4.24. The maximum absolute atomic E-state index is 13.2. The van der Waals surface area contributed by atoms with Crippen LogP contribution in [-0.2, 0) is 0 Å². The van der Waals surface area contributed by atoms with Crippen LogP contribution in [0.5, 0.6) is 0 Å². The number of benzene rings is 1. The zero-order valence-corrected chi connectivity index (χ0v) is 10.8. The van der Waals surface area contributed by atoms with E-state index in [1.165, 1.54) is 6.07 Å². The van der Waals surface area contributed by atoms with Gasteiger partial charge in [-0.25, -0.2) is 4.39 Å². The van der Waals surface area contributed by atoms with E-state index in [-0.39, 0.29) is 10.8 Å². The smallest absolute Gasteiger partial charge is 0.141 e. The maximum atomic E-state index is 13.2. The van der Waals surface area contributed by atoms with E-state index in [1.807, 2.05) is 6.07 Å². The Balaban J connectivity index is 2.21. The summed E-state index contributed by atoms with van der Waals surface area (Å²) in [5, 5.41) is 3.56. The van der Waals surface area contributed by atoms with Crippen molar-refractivity contribution in [2.24, 2.45) is 0 Å². The number of rotatable bonds is 4. The van der Waals surface area contributed by atoms with Crippen LogP contribution in [0.4, 0.5) is 10.1 Å². The number of hydrogen-bond donors (Lipinski definition) is 1. The second kappa shape index (κ2) is 5.69. The van der Waals surface area contributed by atoms with Gasteiger partial charge in [0.25, 0.3) is 0 Å². The first kappa shape index (κ1) is 12.7. The van der Waals surface area contributed by atoms with Crippen molar-refractivity contribution in [1.29, 1.82) is 0 Å². The summed E-state index contributed by atoms with van der Waals surface area (Å²) in [4.78, 5) is 2.32. The third kappa shape index (κ3) is 2.90. The molecule has 1 atom stereocenters. The molecule has 0 amide bonds. The Bertz CT molecular complexity index is 378. The summed E-state index contributed by atoms with van der Waals surface area (Å²) < 4.78 is 13.2. The molecule has 4 heteroatoms. The maximum Gasteiger partial charge on any atom is 0.141 e. The van der Waals surface area contributed by atoms with E-state index in [9.17, 15) is 4.39 Å². The molecule has 2 rings (SSSR count). The van der Waals surface area contributed by atoms with Gasteiger partial charge in [0.1, 0.15) is 5.82 Å². The van der Waals surface area contributed by atoms with E-state index < -0.39 is 0 Å². The molecule has 1 aliphatic rings. The van der Waals surface area contributed by atoms with E-state index in [0.717, 1.165) is 38.2 Å². The van der Waals surface area contributed by atoms with Crippen LogP contribution in [-0.4, -0.2) is 25.7 Å². The Morgan fingerprint density at radius 1 is 1.53 bits per heavy atom. The average molecular weight is 257 g/mol. The van der Waals surface area contributed by atoms with Crippen molar-refractivity contribution in [3.63, 3.8) is 0 Å². The molecule has 1 saturated heterocycles. The minimum atomic E-state index is -0.351. The summed E-state index contributed by atoms with van der Waals surface area (Å²) in [5.74, 6) is -0.351. The van der Waals surface area contributed by atoms with Crippen LogP contribution in [0.25, 0.3) is 0 Å². The highest BCUT2D eigenvalue weighted by molar-refractivity contribution is 6.31. The molecule has 0 aromatic heterocycles. The number of halogens is 2. The summed E-state index contributed by atoms with van der Waals surface area (Å²) in [7, 11) is 0. The highest BCUT2D eigenvalue weighted by atomic mass is 35.5. The molecule has 1 heterocycles. The molecule has 0 radical (unpaired) electrons. The van der Waals surface area contributed by atoms with Gasteiger partial charge in [0, 0.05) is 24.8 Å². The summed E-state index contributed by atoms with van der Waals surface area (Å²) >= 11 is 5.85. The Morgan fingerprint density at radius 2 is 2.35 bits per heavy atom. The van der Waals surface area contributed by atoms with Gasteiger partial charge in [-0.15, -0.1) is 0 Å². The second-order valence-electron chi connectivity index (χ2n) is 4.44. The molecule has 0 aliphatic carbocycles. The van der Waals surface area contributed by atoms with Crippen molar-refractivity contribution in [2.45, 2.75) is 25.8 Å². The molecule has 1 aromatic carbocycles. The van der Waals surface area contributed by atoms with Gasteiger partial charge in [-0.05, 0) is 37.6 Å². The van der Waals surface area contributed by atoms with Crippen LogP contribution < -0.4 is 10.2 Å². The lowest BCUT2D eigenvalue weighted by Crippen LogP contribution is -2.37. The SMILES string of the molecule is CCCN(c1ccc(F)c(Cl)c1)[C@H]1CCNC1. The first-order valence-corrected chi connectivity index (χ1v) is 6.52. The first-order valence-electron chi connectivity index (χ1n) is 6.14. The lowest BCUT2D eigenvalue weighted by molar-refractivity contribution is 0.616.